The molecule has 3 fully saturated rings. The van der Waals surface area contributed by atoms with Gasteiger partial charge in [-0.05, 0) is 69.4 Å². The first-order valence-corrected chi connectivity index (χ1v) is 8.23. The van der Waals surface area contributed by atoms with E-state index in [0.29, 0.717) is 16.4 Å². The molecular weight excluding hydrogens is 232 g/mol. The molecule has 0 heterocycles. The largest absolute Gasteiger partial charge is 0.312 e. The predicted molar refractivity (Wildman–Crippen MR) is 81.3 cm³/mol. The van der Waals surface area contributed by atoms with Gasteiger partial charge in [0.2, 0.25) is 0 Å². The summed E-state index contributed by atoms with van der Waals surface area (Å²) in [7, 11) is 4.51. The molecule has 3 unspecified atom stereocenters. The Bertz CT molecular complexity index is 356. The van der Waals surface area contributed by atoms with Crippen LogP contribution in [0, 0.1) is 16.7 Å². The Morgan fingerprint density at radius 3 is 2.16 bits per heavy atom. The van der Waals surface area contributed by atoms with Gasteiger partial charge < -0.3 is 10.2 Å². The van der Waals surface area contributed by atoms with Crippen molar-refractivity contribution in [3.63, 3.8) is 0 Å². The van der Waals surface area contributed by atoms with E-state index in [0.717, 1.165) is 12.0 Å². The van der Waals surface area contributed by atoms with Gasteiger partial charge in [0.1, 0.15) is 0 Å². The van der Waals surface area contributed by atoms with E-state index >= 15 is 0 Å². The van der Waals surface area contributed by atoms with Crippen LogP contribution < -0.4 is 5.32 Å². The van der Waals surface area contributed by atoms with Crippen LogP contribution in [-0.2, 0) is 0 Å². The molecule has 2 nitrogen and oxygen atoms in total. The van der Waals surface area contributed by atoms with Gasteiger partial charge in [0.15, 0.2) is 0 Å². The van der Waals surface area contributed by atoms with Crippen molar-refractivity contribution >= 4 is 0 Å². The van der Waals surface area contributed by atoms with Crippen molar-refractivity contribution < 1.29 is 0 Å². The lowest BCUT2D eigenvalue weighted by molar-refractivity contribution is 0.0446. The van der Waals surface area contributed by atoms with Crippen LogP contribution in [0.5, 0.6) is 0 Å². The number of hydrogen-bond donors (Lipinski definition) is 1. The number of fused-ring (bicyclic) bond motifs is 2. The molecule has 0 radical (unpaired) electrons. The second-order valence-electron chi connectivity index (χ2n) is 8.52. The van der Waals surface area contributed by atoms with Gasteiger partial charge in [-0.2, -0.15) is 0 Å². The fourth-order valence-corrected chi connectivity index (χ4v) is 5.19. The lowest BCUT2D eigenvalue weighted by Crippen LogP contribution is -2.59. The summed E-state index contributed by atoms with van der Waals surface area (Å²) in [5.74, 6) is 0.951. The standard InChI is InChI=1S/C17H32N2/c1-15(2)13-7-10-16(15,3)14(11-13)18-12-17(19(4)5)8-6-9-17/h13-14,18H,6-12H2,1-5H3. The Kier molecular flexibility index (Phi) is 3.07. The monoisotopic (exact) mass is 264 g/mol. The van der Waals surface area contributed by atoms with Crippen molar-refractivity contribution in [1.29, 1.82) is 0 Å². The topological polar surface area (TPSA) is 15.3 Å². The quantitative estimate of drug-likeness (QED) is 0.838. The van der Waals surface area contributed by atoms with E-state index in [1.807, 2.05) is 0 Å². The van der Waals surface area contributed by atoms with Crippen molar-refractivity contribution in [1.82, 2.24) is 10.2 Å². The minimum atomic E-state index is 0.461. The first-order valence-electron chi connectivity index (χ1n) is 8.23. The van der Waals surface area contributed by atoms with Crippen LogP contribution in [0.4, 0.5) is 0 Å². The summed E-state index contributed by atoms with van der Waals surface area (Å²) in [6.07, 6.45) is 8.47. The average molecular weight is 264 g/mol. The van der Waals surface area contributed by atoms with Gasteiger partial charge in [-0.15, -0.1) is 0 Å². The lowest BCUT2D eigenvalue weighted by Gasteiger charge is -2.49. The molecule has 0 aliphatic heterocycles. The predicted octanol–water partition coefficient (Wildman–Crippen LogP) is 3.28. The van der Waals surface area contributed by atoms with E-state index in [1.54, 1.807) is 0 Å². The molecule has 0 aromatic rings. The summed E-state index contributed by atoms with van der Waals surface area (Å²) < 4.78 is 0. The van der Waals surface area contributed by atoms with Crippen molar-refractivity contribution in [2.24, 2.45) is 16.7 Å². The summed E-state index contributed by atoms with van der Waals surface area (Å²) in [5, 5.41) is 3.99. The van der Waals surface area contributed by atoms with Gasteiger partial charge in [0.25, 0.3) is 0 Å². The second kappa shape index (κ2) is 4.21. The van der Waals surface area contributed by atoms with Crippen molar-refractivity contribution in [3.8, 4) is 0 Å². The molecule has 3 aliphatic rings. The highest BCUT2D eigenvalue weighted by Crippen LogP contribution is 2.65. The number of rotatable bonds is 4. The number of likely N-dealkylation sites (N-methyl/N-ethyl adjacent to an activating group) is 1. The van der Waals surface area contributed by atoms with E-state index < -0.39 is 0 Å². The van der Waals surface area contributed by atoms with Gasteiger partial charge in [0, 0.05) is 18.1 Å². The Labute approximate surface area is 119 Å². The third-order valence-corrected chi connectivity index (χ3v) is 7.70. The van der Waals surface area contributed by atoms with Crippen LogP contribution in [0.1, 0.15) is 59.3 Å². The summed E-state index contributed by atoms with van der Waals surface area (Å²) in [6, 6.07) is 0.749. The molecule has 0 spiro atoms. The molecule has 0 amide bonds. The van der Waals surface area contributed by atoms with Gasteiger partial charge in [0.05, 0.1) is 0 Å². The molecule has 3 atom stereocenters. The van der Waals surface area contributed by atoms with Crippen LogP contribution >= 0.6 is 0 Å². The normalized spacial score (nSPS) is 42.6. The van der Waals surface area contributed by atoms with Crippen LogP contribution in [0.15, 0.2) is 0 Å². The molecule has 0 aromatic carbocycles. The highest BCUT2D eigenvalue weighted by atomic mass is 15.2. The molecule has 3 rings (SSSR count). The molecule has 1 N–H and O–H groups in total. The van der Waals surface area contributed by atoms with Gasteiger partial charge in [-0.1, -0.05) is 20.8 Å². The maximum absolute atomic E-state index is 3.99. The molecule has 0 aromatic heterocycles. The first-order chi connectivity index (χ1) is 8.82. The van der Waals surface area contributed by atoms with Gasteiger partial charge >= 0.3 is 0 Å². The number of nitrogens with zero attached hydrogens (tertiary/aromatic N) is 1. The zero-order chi connectivity index (χ0) is 13.9. The minimum Gasteiger partial charge on any atom is -0.312 e. The highest BCUT2D eigenvalue weighted by Gasteiger charge is 2.61. The Morgan fingerprint density at radius 2 is 1.79 bits per heavy atom. The third kappa shape index (κ3) is 1.75. The van der Waals surface area contributed by atoms with Gasteiger partial charge in [-0.25, -0.2) is 0 Å². The SMILES string of the molecule is CN(C)C1(CNC2CC3CCC2(C)C3(C)C)CCC1. The van der Waals surface area contributed by atoms with Gasteiger partial charge in [-0.3, -0.25) is 0 Å². The molecule has 3 saturated carbocycles. The van der Waals surface area contributed by atoms with E-state index in [1.165, 1.54) is 45.1 Å². The molecular formula is C17H32N2. The Hall–Kier alpha value is -0.0800. The molecule has 2 heteroatoms. The van der Waals surface area contributed by atoms with E-state index in [9.17, 15) is 0 Å². The zero-order valence-electron chi connectivity index (χ0n) is 13.6. The average Bonchev–Trinajstić information content (AvgIpc) is 2.59. The molecule has 3 aliphatic carbocycles. The van der Waals surface area contributed by atoms with Crippen LogP contribution in [-0.4, -0.2) is 37.1 Å². The molecule has 19 heavy (non-hydrogen) atoms. The molecule has 110 valence electrons. The Morgan fingerprint density at radius 1 is 1.11 bits per heavy atom. The van der Waals surface area contributed by atoms with E-state index in [2.05, 4.69) is 45.1 Å². The fraction of sp³-hybridized carbons (Fsp3) is 1.00. The third-order valence-electron chi connectivity index (χ3n) is 7.70. The molecule has 0 saturated heterocycles. The summed E-state index contributed by atoms with van der Waals surface area (Å²) >= 11 is 0. The van der Waals surface area contributed by atoms with Crippen molar-refractivity contribution in [2.45, 2.75) is 70.9 Å². The smallest absolute Gasteiger partial charge is 0.0328 e. The van der Waals surface area contributed by atoms with E-state index in [-0.39, 0.29) is 0 Å². The summed E-state index contributed by atoms with van der Waals surface area (Å²) in [6.45, 7) is 8.76. The zero-order valence-corrected chi connectivity index (χ0v) is 13.6. The summed E-state index contributed by atoms with van der Waals surface area (Å²) in [5.41, 5.74) is 1.52. The maximum atomic E-state index is 3.99. The van der Waals surface area contributed by atoms with Crippen LogP contribution in [0.3, 0.4) is 0 Å². The second-order valence-corrected chi connectivity index (χ2v) is 8.52. The Balaban J connectivity index is 1.66. The van der Waals surface area contributed by atoms with Crippen LogP contribution in [0.25, 0.3) is 0 Å². The summed E-state index contributed by atoms with van der Waals surface area (Å²) in [4.78, 5) is 2.46. The van der Waals surface area contributed by atoms with Crippen LogP contribution in [0.2, 0.25) is 0 Å². The number of nitrogens with one attached hydrogen (secondary N) is 1. The highest BCUT2D eigenvalue weighted by molar-refractivity contribution is 5.13. The maximum Gasteiger partial charge on any atom is 0.0328 e. The molecule has 2 bridgehead atoms. The number of hydrogen-bond acceptors (Lipinski definition) is 2. The fourth-order valence-electron chi connectivity index (χ4n) is 5.19. The van der Waals surface area contributed by atoms with E-state index in [4.69, 9.17) is 0 Å². The van der Waals surface area contributed by atoms with Crippen molar-refractivity contribution in [3.05, 3.63) is 0 Å². The minimum absolute atomic E-state index is 0.461. The lowest BCUT2D eigenvalue weighted by atomic mass is 9.68. The van der Waals surface area contributed by atoms with Crippen molar-refractivity contribution in [2.75, 3.05) is 20.6 Å². The first kappa shape index (κ1) is 13.9.